The van der Waals surface area contributed by atoms with Gasteiger partial charge in [0.15, 0.2) is 0 Å². The van der Waals surface area contributed by atoms with Crippen LogP contribution in [0.1, 0.15) is 11.1 Å². The van der Waals surface area contributed by atoms with Crippen molar-refractivity contribution in [1.82, 2.24) is 0 Å². The molecule has 2 aromatic carbocycles. The van der Waals surface area contributed by atoms with Crippen LogP contribution in [0.3, 0.4) is 0 Å². The molecule has 3 nitrogen and oxygen atoms in total. The molecule has 0 unspecified atom stereocenters. The minimum Gasteiger partial charge on any atom is -0.496 e. The quantitative estimate of drug-likeness (QED) is 0.787. The number of hydrogen-bond donors (Lipinski definition) is 0. The lowest BCUT2D eigenvalue weighted by Crippen LogP contribution is -2.32. The Morgan fingerprint density at radius 1 is 1.14 bits per heavy atom. The van der Waals surface area contributed by atoms with Gasteiger partial charge < -0.3 is 9.64 Å². The van der Waals surface area contributed by atoms with E-state index in [2.05, 4.69) is 0 Å². The maximum Gasteiger partial charge on any atom is 0.242 e. The number of aryl methyl sites for hydroxylation is 1. The van der Waals surface area contributed by atoms with Crippen molar-refractivity contribution in [2.24, 2.45) is 0 Å². The first kappa shape index (κ1) is 15.4. The van der Waals surface area contributed by atoms with E-state index in [4.69, 9.17) is 16.3 Å². The molecule has 0 fully saturated rings. The average molecular weight is 304 g/mol. The topological polar surface area (TPSA) is 29.5 Å². The third kappa shape index (κ3) is 3.56. The van der Waals surface area contributed by atoms with Gasteiger partial charge in [-0.15, -0.1) is 11.6 Å². The normalized spacial score (nSPS) is 10.2. The third-order valence-electron chi connectivity index (χ3n) is 3.34. The molecule has 1 amide bonds. The number of rotatable bonds is 5. The number of alkyl halides is 1. The highest BCUT2D eigenvalue weighted by atomic mass is 35.5. The van der Waals surface area contributed by atoms with Crippen LogP contribution in [0.5, 0.6) is 5.75 Å². The lowest BCUT2D eigenvalue weighted by molar-refractivity contribution is -0.116. The van der Waals surface area contributed by atoms with E-state index in [0.29, 0.717) is 6.54 Å². The highest BCUT2D eigenvalue weighted by Gasteiger charge is 2.18. The number of carbonyl (C=O) groups excluding carboxylic acids is 1. The minimum absolute atomic E-state index is 0.0521. The van der Waals surface area contributed by atoms with Crippen LogP contribution in [0.4, 0.5) is 5.69 Å². The third-order valence-corrected chi connectivity index (χ3v) is 3.57. The zero-order chi connectivity index (χ0) is 15.2. The van der Waals surface area contributed by atoms with Crippen molar-refractivity contribution in [3.05, 3.63) is 59.7 Å². The number of amides is 1. The average Bonchev–Trinajstić information content (AvgIpc) is 2.53. The number of ether oxygens (including phenoxy) is 1. The van der Waals surface area contributed by atoms with Crippen molar-refractivity contribution in [3.8, 4) is 5.75 Å². The van der Waals surface area contributed by atoms with E-state index in [9.17, 15) is 4.79 Å². The molecule has 0 aliphatic rings. The molecule has 110 valence electrons. The first-order valence-corrected chi connectivity index (χ1v) is 7.24. The lowest BCUT2D eigenvalue weighted by Gasteiger charge is -2.24. The SMILES string of the molecule is COc1ccccc1CN(C(=O)CCl)c1ccccc1C. The van der Waals surface area contributed by atoms with E-state index in [0.717, 1.165) is 22.6 Å². The molecule has 21 heavy (non-hydrogen) atoms. The van der Waals surface area contributed by atoms with Crippen LogP contribution in [-0.2, 0) is 11.3 Å². The second-order valence-corrected chi connectivity index (χ2v) is 4.98. The van der Waals surface area contributed by atoms with Crippen molar-refractivity contribution in [2.45, 2.75) is 13.5 Å². The van der Waals surface area contributed by atoms with Gasteiger partial charge in [0.1, 0.15) is 11.6 Å². The summed E-state index contributed by atoms with van der Waals surface area (Å²) in [5.74, 6) is 0.582. The zero-order valence-corrected chi connectivity index (χ0v) is 12.9. The number of anilines is 1. The number of para-hydroxylation sites is 2. The Morgan fingerprint density at radius 2 is 1.81 bits per heavy atom. The van der Waals surface area contributed by atoms with Gasteiger partial charge in [-0.25, -0.2) is 0 Å². The fraction of sp³-hybridized carbons (Fsp3) is 0.235. The van der Waals surface area contributed by atoms with E-state index in [1.165, 1.54) is 0 Å². The molecule has 0 N–H and O–H groups in total. The molecule has 0 saturated carbocycles. The van der Waals surface area contributed by atoms with Gasteiger partial charge in [-0.2, -0.15) is 0 Å². The van der Waals surface area contributed by atoms with Gasteiger partial charge in [0.2, 0.25) is 5.91 Å². The zero-order valence-electron chi connectivity index (χ0n) is 12.2. The Kier molecular flexibility index (Phi) is 5.23. The second-order valence-electron chi connectivity index (χ2n) is 4.71. The summed E-state index contributed by atoms with van der Waals surface area (Å²) >= 11 is 5.77. The van der Waals surface area contributed by atoms with Crippen molar-refractivity contribution >= 4 is 23.2 Å². The number of halogens is 1. The molecule has 4 heteroatoms. The molecule has 0 heterocycles. The predicted molar refractivity (Wildman–Crippen MR) is 86.1 cm³/mol. The first-order valence-electron chi connectivity index (χ1n) is 6.71. The van der Waals surface area contributed by atoms with Crippen LogP contribution in [-0.4, -0.2) is 18.9 Å². The van der Waals surface area contributed by atoms with Gasteiger partial charge in [-0.3, -0.25) is 4.79 Å². The van der Waals surface area contributed by atoms with Gasteiger partial charge in [0, 0.05) is 11.3 Å². The van der Waals surface area contributed by atoms with Gasteiger partial charge in [0.05, 0.1) is 13.7 Å². The largest absolute Gasteiger partial charge is 0.496 e. The fourth-order valence-corrected chi connectivity index (χ4v) is 2.39. The van der Waals surface area contributed by atoms with Crippen LogP contribution in [0.15, 0.2) is 48.5 Å². The highest BCUT2D eigenvalue weighted by molar-refractivity contribution is 6.29. The monoisotopic (exact) mass is 303 g/mol. The molecule has 0 aromatic heterocycles. The van der Waals surface area contributed by atoms with Gasteiger partial charge in [0.25, 0.3) is 0 Å². The summed E-state index contributed by atoms with van der Waals surface area (Å²) in [5, 5.41) is 0. The Hall–Kier alpha value is -2.00. The standard InChI is InChI=1S/C17H18ClNO2/c1-13-7-3-5-9-15(13)19(17(20)11-18)12-14-8-4-6-10-16(14)21-2/h3-10H,11-12H2,1-2H3. The highest BCUT2D eigenvalue weighted by Crippen LogP contribution is 2.25. The molecule has 2 rings (SSSR count). The fourth-order valence-electron chi connectivity index (χ4n) is 2.25. The lowest BCUT2D eigenvalue weighted by atomic mass is 10.1. The smallest absolute Gasteiger partial charge is 0.242 e. The van der Waals surface area contributed by atoms with E-state index >= 15 is 0 Å². The van der Waals surface area contributed by atoms with E-state index < -0.39 is 0 Å². The Bertz CT molecular complexity index is 628. The Morgan fingerprint density at radius 3 is 2.48 bits per heavy atom. The summed E-state index contributed by atoms with van der Waals surface area (Å²) in [6.45, 7) is 2.41. The van der Waals surface area contributed by atoms with E-state index in [-0.39, 0.29) is 11.8 Å². The molecule has 0 bridgehead atoms. The molecule has 0 aliphatic heterocycles. The van der Waals surface area contributed by atoms with Crippen LogP contribution in [0, 0.1) is 6.92 Å². The molecule has 2 aromatic rings. The number of hydrogen-bond acceptors (Lipinski definition) is 2. The molecule has 0 aliphatic carbocycles. The van der Waals surface area contributed by atoms with Gasteiger partial charge in [-0.05, 0) is 24.6 Å². The maximum atomic E-state index is 12.2. The summed E-state index contributed by atoms with van der Waals surface area (Å²) in [6.07, 6.45) is 0. The Labute approximate surface area is 130 Å². The molecule has 0 saturated heterocycles. The number of benzene rings is 2. The van der Waals surface area contributed by atoms with Gasteiger partial charge in [-0.1, -0.05) is 36.4 Å². The van der Waals surface area contributed by atoms with Crippen LogP contribution < -0.4 is 9.64 Å². The summed E-state index contributed by atoms with van der Waals surface area (Å²) in [4.78, 5) is 13.9. The number of methoxy groups -OCH3 is 1. The summed E-state index contributed by atoms with van der Waals surface area (Å²) < 4.78 is 5.35. The predicted octanol–water partition coefficient (Wildman–Crippen LogP) is 3.78. The van der Waals surface area contributed by atoms with E-state index in [1.54, 1.807) is 12.0 Å². The van der Waals surface area contributed by atoms with Crippen molar-refractivity contribution in [2.75, 3.05) is 17.9 Å². The first-order chi connectivity index (χ1) is 10.2. The minimum atomic E-state index is -0.128. The maximum absolute atomic E-state index is 12.2. The second kappa shape index (κ2) is 7.14. The van der Waals surface area contributed by atoms with Crippen molar-refractivity contribution < 1.29 is 9.53 Å². The summed E-state index contributed by atoms with van der Waals surface area (Å²) in [7, 11) is 1.63. The number of carbonyl (C=O) groups is 1. The van der Waals surface area contributed by atoms with Crippen LogP contribution >= 0.6 is 11.6 Å². The Balaban J connectivity index is 2.38. The van der Waals surface area contributed by atoms with Crippen LogP contribution in [0.25, 0.3) is 0 Å². The summed E-state index contributed by atoms with van der Waals surface area (Å²) in [5.41, 5.74) is 2.85. The van der Waals surface area contributed by atoms with Crippen molar-refractivity contribution in [1.29, 1.82) is 0 Å². The molecule has 0 spiro atoms. The number of nitrogens with zero attached hydrogens (tertiary/aromatic N) is 1. The van der Waals surface area contributed by atoms with Crippen LogP contribution in [0.2, 0.25) is 0 Å². The van der Waals surface area contributed by atoms with Gasteiger partial charge >= 0.3 is 0 Å². The van der Waals surface area contributed by atoms with Crippen molar-refractivity contribution in [3.63, 3.8) is 0 Å². The molecule has 0 atom stereocenters. The summed E-state index contributed by atoms with van der Waals surface area (Å²) in [6, 6.07) is 15.4. The molecular weight excluding hydrogens is 286 g/mol. The molecule has 0 radical (unpaired) electrons. The van der Waals surface area contributed by atoms with E-state index in [1.807, 2.05) is 55.5 Å². The molecular formula is C17H18ClNO2.